The Morgan fingerprint density at radius 1 is 1.36 bits per heavy atom. The topological polar surface area (TPSA) is 59.0 Å². The summed E-state index contributed by atoms with van der Waals surface area (Å²) in [5.74, 6) is 0.384. The van der Waals surface area contributed by atoms with Gasteiger partial charge in [0.1, 0.15) is 0 Å². The van der Waals surface area contributed by atoms with Crippen molar-refractivity contribution in [2.75, 3.05) is 5.32 Å². The first kappa shape index (κ1) is 14.8. The van der Waals surface area contributed by atoms with Crippen molar-refractivity contribution < 1.29 is 4.79 Å². The average Bonchev–Trinajstić information content (AvgIpc) is 3.29. The molecule has 1 aliphatic rings. The highest BCUT2D eigenvalue weighted by Crippen LogP contribution is 2.30. The Kier molecular flexibility index (Phi) is 4.24. The molecule has 5 heteroatoms. The van der Waals surface area contributed by atoms with Crippen LogP contribution in [0.25, 0.3) is 0 Å². The summed E-state index contributed by atoms with van der Waals surface area (Å²) in [6, 6.07) is 8.30. The van der Waals surface area contributed by atoms with Gasteiger partial charge in [-0.05, 0) is 37.5 Å². The van der Waals surface area contributed by atoms with Gasteiger partial charge in [-0.3, -0.25) is 4.79 Å². The fourth-order valence-corrected chi connectivity index (χ4v) is 2.38. The van der Waals surface area contributed by atoms with Crippen LogP contribution in [0.2, 0.25) is 0 Å². The molecule has 0 bridgehead atoms. The number of rotatable bonds is 6. The Morgan fingerprint density at radius 2 is 2.09 bits per heavy atom. The number of hydrogen-bond donors (Lipinski definition) is 2. The van der Waals surface area contributed by atoms with E-state index in [4.69, 9.17) is 0 Å². The standard InChI is InChI=1S/C17H22N4O/c1-12(19-10-16-9-18-11-21(16)2)13-5-7-15(8-6-13)20-17(22)14-3-4-14/h5-9,11-12,14,19H,3-4,10H2,1-2H3,(H,20,22). The van der Waals surface area contributed by atoms with Gasteiger partial charge < -0.3 is 15.2 Å². The van der Waals surface area contributed by atoms with Crippen molar-refractivity contribution >= 4 is 11.6 Å². The summed E-state index contributed by atoms with van der Waals surface area (Å²) in [5, 5.41) is 6.44. The normalized spacial score (nSPS) is 15.5. The van der Waals surface area contributed by atoms with Crippen LogP contribution in [-0.2, 0) is 18.4 Å². The van der Waals surface area contributed by atoms with Crippen LogP contribution in [0.15, 0.2) is 36.8 Å². The number of hydrogen-bond acceptors (Lipinski definition) is 3. The first-order valence-corrected chi connectivity index (χ1v) is 7.73. The van der Waals surface area contributed by atoms with Crippen molar-refractivity contribution in [3.63, 3.8) is 0 Å². The molecule has 0 saturated heterocycles. The Balaban J connectivity index is 1.54. The lowest BCUT2D eigenvalue weighted by Gasteiger charge is -2.15. The summed E-state index contributed by atoms with van der Waals surface area (Å²) in [5.41, 5.74) is 3.23. The number of nitrogens with one attached hydrogen (secondary N) is 2. The van der Waals surface area contributed by atoms with Gasteiger partial charge in [-0.2, -0.15) is 0 Å². The third-order valence-corrected chi connectivity index (χ3v) is 4.13. The molecule has 3 rings (SSSR count). The summed E-state index contributed by atoms with van der Waals surface area (Å²) < 4.78 is 2.01. The fourth-order valence-electron chi connectivity index (χ4n) is 2.38. The highest BCUT2D eigenvalue weighted by atomic mass is 16.2. The van der Waals surface area contributed by atoms with E-state index in [-0.39, 0.29) is 17.9 Å². The van der Waals surface area contributed by atoms with Crippen molar-refractivity contribution in [2.45, 2.75) is 32.4 Å². The van der Waals surface area contributed by atoms with E-state index in [1.807, 2.05) is 29.9 Å². The summed E-state index contributed by atoms with van der Waals surface area (Å²) in [4.78, 5) is 15.8. The molecule has 1 atom stereocenters. The van der Waals surface area contributed by atoms with Gasteiger partial charge in [0.2, 0.25) is 5.91 Å². The molecule has 0 radical (unpaired) electrons. The zero-order valence-electron chi connectivity index (χ0n) is 13.0. The molecule has 1 amide bonds. The Bertz CT molecular complexity index is 643. The summed E-state index contributed by atoms with van der Waals surface area (Å²) in [6.45, 7) is 2.91. The highest BCUT2D eigenvalue weighted by Gasteiger charge is 2.29. The molecule has 1 aliphatic carbocycles. The van der Waals surface area contributed by atoms with Crippen LogP contribution in [0.4, 0.5) is 5.69 Å². The van der Waals surface area contributed by atoms with Crippen LogP contribution < -0.4 is 10.6 Å². The Labute approximate surface area is 130 Å². The van der Waals surface area contributed by atoms with Crippen LogP contribution in [0, 0.1) is 5.92 Å². The molecular weight excluding hydrogens is 276 g/mol. The van der Waals surface area contributed by atoms with Crippen molar-refractivity contribution in [3.8, 4) is 0 Å². The monoisotopic (exact) mass is 298 g/mol. The van der Waals surface area contributed by atoms with Gasteiger partial charge in [0.05, 0.1) is 12.0 Å². The number of aromatic nitrogens is 2. The van der Waals surface area contributed by atoms with Crippen LogP contribution >= 0.6 is 0 Å². The number of aryl methyl sites for hydroxylation is 1. The maximum Gasteiger partial charge on any atom is 0.227 e. The lowest BCUT2D eigenvalue weighted by Crippen LogP contribution is -2.19. The number of amides is 1. The largest absolute Gasteiger partial charge is 0.337 e. The minimum Gasteiger partial charge on any atom is -0.337 e. The number of nitrogens with zero attached hydrogens (tertiary/aromatic N) is 2. The number of anilines is 1. The molecule has 1 aromatic carbocycles. The second kappa shape index (κ2) is 6.32. The Hall–Kier alpha value is -2.14. The van der Waals surface area contributed by atoms with E-state index in [9.17, 15) is 4.79 Å². The molecule has 5 nitrogen and oxygen atoms in total. The van der Waals surface area contributed by atoms with Gasteiger partial charge in [0.25, 0.3) is 0 Å². The number of imidazole rings is 1. The van der Waals surface area contributed by atoms with Crippen LogP contribution in [-0.4, -0.2) is 15.5 Å². The van der Waals surface area contributed by atoms with E-state index < -0.39 is 0 Å². The third-order valence-electron chi connectivity index (χ3n) is 4.13. The molecule has 1 fully saturated rings. The molecule has 116 valence electrons. The molecule has 1 aromatic heterocycles. The minimum atomic E-state index is 0.148. The van der Waals surface area contributed by atoms with E-state index in [1.54, 1.807) is 6.33 Å². The number of benzene rings is 1. The third kappa shape index (κ3) is 3.54. The fraction of sp³-hybridized carbons (Fsp3) is 0.412. The quantitative estimate of drug-likeness (QED) is 0.862. The number of carbonyl (C=O) groups excluding carboxylic acids is 1. The SMILES string of the molecule is CC(NCc1cncn1C)c1ccc(NC(=O)C2CC2)cc1. The van der Waals surface area contributed by atoms with Gasteiger partial charge in [-0.1, -0.05) is 12.1 Å². The van der Waals surface area contributed by atoms with E-state index in [0.29, 0.717) is 0 Å². The molecule has 1 saturated carbocycles. The summed E-state index contributed by atoms with van der Waals surface area (Å²) in [6.07, 6.45) is 5.73. The van der Waals surface area contributed by atoms with Crippen molar-refractivity contribution in [3.05, 3.63) is 48.0 Å². The van der Waals surface area contributed by atoms with Crippen LogP contribution in [0.1, 0.15) is 37.1 Å². The molecule has 0 aliphatic heterocycles. The van der Waals surface area contributed by atoms with Gasteiger partial charge in [-0.25, -0.2) is 4.98 Å². The van der Waals surface area contributed by atoms with E-state index in [0.717, 1.165) is 30.8 Å². The minimum absolute atomic E-state index is 0.148. The molecule has 2 N–H and O–H groups in total. The molecular formula is C17H22N4O. The lowest BCUT2D eigenvalue weighted by atomic mass is 10.1. The Morgan fingerprint density at radius 3 is 2.68 bits per heavy atom. The maximum absolute atomic E-state index is 11.7. The summed E-state index contributed by atoms with van der Waals surface area (Å²) in [7, 11) is 1.99. The smallest absolute Gasteiger partial charge is 0.227 e. The zero-order chi connectivity index (χ0) is 15.5. The van der Waals surface area contributed by atoms with Crippen molar-refractivity contribution in [1.82, 2.24) is 14.9 Å². The molecule has 1 unspecified atom stereocenters. The van der Waals surface area contributed by atoms with E-state index >= 15 is 0 Å². The molecule has 22 heavy (non-hydrogen) atoms. The number of carbonyl (C=O) groups is 1. The van der Waals surface area contributed by atoms with Gasteiger partial charge >= 0.3 is 0 Å². The van der Waals surface area contributed by atoms with E-state index in [1.165, 1.54) is 5.56 Å². The predicted octanol–water partition coefficient (Wildman–Crippen LogP) is 2.62. The highest BCUT2D eigenvalue weighted by molar-refractivity contribution is 5.93. The van der Waals surface area contributed by atoms with Crippen LogP contribution in [0.3, 0.4) is 0 Å². The lowest BCUT2D eigenvalue weighted by molar-refractivity contribution is -0.117. The van der Waals surface area contributed by atoms with Gasteiger partial charge in [0, 0.05) is 37.4 Å². The molecule has 2 aromatic rings. The van der Waals surface area contributed by atoms with Crippen molar-refractivity contribution in [1.29, 1.82) is 0 Å². The second-order valence-corrected chi connectivity index (χ2v) is 5.98. The van der Waals surface area contributed by atoms with Crippen molar-refractivity contribution in [2.24, 2.45) is 13.0 Å². The first-order chi connectivity index (χ1) is 10.6. The van der Waals surface area contributed by atoms with Crippen LogP contribution in [0.5, 0.6) is 0 Å². The van der Waals surface area contributed by atoms with Gasteiger partial charge in [0.15, 0.2) is 0 Å². The first-order valence-electron chi connectivity index (χ1n) is 7.73. The summed E-state index contributed by atoms with van der Waals surface area (Å²) >= 11 is 0. The predicted molar refractivity (Wildman–Crippen MR) is 86.3 cm³/mol. The average molecular weight is 298 g/mol. The maximum atomic E-state index is 11.7. The molecule has 0 spiro atoms. The van der Waals surface area contributed by atoms with Gasteiger partial charge in [-0.15, -0.1) is 0 Å². The van der Waals surface area contributed by atoms with E-state index in [2.05, 4.69) is 34.7 Å². The second-order valence-electron chi connectivity index (χ2n) is 5.98. The zero-order valence-corrected chi connectivity index (χ0v) is 13.0. The molecule has 1 heterocycles.